The van der Waals surface area contributed by atoms with Gasteiger partial charge in [-0.25, -0.2) is 8.42 Å². The first kappa shape index (κ1) is 16.4. The Hall–Kier alpha value is -0.640. The van der Waals surface area contributed by atoms with Crippen molar-refractivity contribution < 1.29 is 8.42 Å². The highest BCUT2D eigenvalue weighted by Gasteiger charge is 2.23. The fraction of sp³-hybridized carbons (Fsp3) is 0.923. The molecule has 0 amide bonds. The maximum atomic E-state index is 11.3. The number of nitriles is 1. The van der Waals surface area contributed by atoms with Gasteiger partial charge in [-0.3, -0.25) is 5.32 Å². The minimum absolute atomic E-state index is 0.292. The number of unbranched alkanes of at least 4 members (excludes halogenated alkanes) is 1. The number of hydrogen-bond acceptors (Lipinski definition) is 5. The molecule has 19 heavy (non-hydrogen) atoms. The van der Waals surface area contributed by atoms with Gasteiger partial charge in [0.2, 0.25) is 0 Å². The van der Waals surface area contributed by atoms with Crippen LogP contribution in [0.15, 0.2) is 0 Å². The van der Waals surface area contributed by atoms with E-state index in [-0.39, 0.29) is 0 Å². The summed E-state index contributed by atoms with van der Waals surface area (Å²) in [7, 11) is -2.78. The third-order valence-corrected chi connectivity index (χ3v) is 5.26. The van der Waals surface area contributed by atoms with E-state index in [9.17, 15) is 8.42 Å². The van der Waals surface area contributed by atoms with Crippen molar-refractivity contribution in [2.24, 2.45) is 0 Å². The van der Waals surface area contributed by atoms with Gasteiger partial charge in [0.15, 0.2) is 9.84 Å². The lowest BCUT2D eigenvalue weighted by atomic mass is 9.96. The van der Waals surface area contributed by atoms with Crippen LogP contribution in [0.4, 0.5) is 0 Å². The first-order valence-corrected chi connectivity index (χ1v) is 8.82. The van der Waals surface area contributed by atoms with Crippen LogP contribution in [0.5, 0.6) is 0 Å². The molecule has 0 saturated carbocycles. The zero-order valence-electron chi connectivity index (χ0n) is 12.0. The maximum Gasteiger partial charge on any atom is 0.152 e. The Bertz CT molecular complexity index is 402. The first-order chi connectivity index (χ1) is 8.91. The average molecular weight is 287 g/mol. The van der Waals surface area contributed by atoms with Crippen molar-refractivity contribution in [3.05, 3.63) is 0 Å². The van der Waals surface area contributed by atoms with E-state index >= 15 is 0 Å². The largest absolute Gasteiger partial charge is 0.301 e. The fourth-order valence-electron chi connectivity index (χ4n) is 2.36. The second-order valence-electron chi connectivity index (χ2n) is 5.42. The van der Waals surface area contributed by atoms with Gasteiger partial charge in [-0.05, 0) is 39.3 Å². The molecule has 1 unspecified atom stereocenters. The molecular weight excluding hydrogens is 262 g/mol. The van der Waals surface area contributed by atoms with Crippen LogP contribution in [0.25, 0.3) is 0 Å². The van der Waals surface area contributed by atoms with E-state index in [1.54, 1.807) is 0 Å². The summed E-state index contributed by atoms with van der Waals surface area (Å²) in [5.41, 5.74) is -0.431. The van der Waals surface area contributed by atoms with Crippen LogP contribution >= 0.6 is 0 Å². The molecule has 0 aromatic rings. The Morgan fingerprint density at radius 2 is 1.95 bits per heavy atom. The Balaban J connectivity index is 2.20. The summed E-state index contributed by atoms with van der Waals surface area (Å²) in [5.74, 6) is 0.584. The lowest BCUT2D eigenvalue weighted by Crippen LogP contribution is -2.42. The zero-order chi connectivity index (χ0) is 14.4. The molecule has 0 aromatic carbocycles. The van der Waals surface area contributed by atoms with E-state index in [4.69, 9.17) is 5.26 Å². The molecule has 5 nitrogen and oxygen atoms in total. The molecule has 0 radical (unpaired) electrons. The van der Waals surface area contributed by atoms with E-state index in [1.807, 2.05) is 13.8 Å². The summed E-state index contributed by atoms with van der Waals surface area (Å²) in [6.45, 7) is 6.99. The smallest absolute Gasteiger partial charge is 0.152 e. The van der Waals surface area contributed by atoms with Gasteiger partial charge in [0.05, 0.1) is 17.6 Å². The van der Waals surface area contributed by atoms with Crippen molar-refractivity contribution in [2.75, 3.05) is 37.7 Å². The van der Waals surface area contributed by atoms with Crippen molar-refractivity contribution in [3.8, 4) is 6.07 Å². The Kier molecular flexibility index (Phi) is 6.24. The number of nitrogens with zero attached hydrogens (tertiary/aromatic N) is 2. The number of rotatable bonds is 7. The molecule has 1 N–H and O–H groups in total. The van der Waals surface area contributed by atoms with Crippen LogP contribution in [0.3, 0.4) is 0 Å². The van der Waals surface area contributed by atoms with E-state index in [0.717, 1.165) is 32.4 Å². The molecule has 6 heteroatoms. The second-order valence-corrected chi connectivity index (χ2v) is 7.73. The monoisotopic (exact) mass is 287 g/mol. The van der Waals surface area contributed by atoms with Gasteiger partial charge in [0.1, 0.15) is 5.54 Å². The molecule has 110 valence electrons. The summed E-state index contributed by atoms with van der Waals surface area (Å²) >= 11 is 0. The highest BCUT2D eigenvalue weighted by molar-refractivity contribution is 7.91. The van der Waals surface area contributed by atoms with Gasteiger partial charge < -0.3 is 4.90 Å². The number of hydrogen-bond donors (Lipinski definition) is 1. The number of nitrogens with one attached hydrogen (secondary N) is 1. The standard InChI is InChI=1S/C13H25N3O2S/c1-3-15-13(2,12-14)6-4-5-7-16-8-10-19(17,18)11-9-16/h15H,3-11H2,1-2H3. The van der Waals surface area contributed by atoms with Crippen molar-refractivity contribution in [1.29, 1.82) is 5.26 Å². The van der Waals surface area contributed by atoms with Crippen LogP contribution in [0.2, 0.25) is 0 Å². The van der Waals surface area contributed by atoms with Gasteiger partial charge in [-0.2, -0.15) is 5.26 Å². The molecule has 1 atom stereocenters. The molecule has 1 saturated heterocycles. The van der Waals surface area contributed by atoms with E-state index in [1.165, 1.54) is 0 Å². The van der Waals surface area contributed by atoms with Crippen molar-refractivity contribution in [1.82, 2.24) is 10.2 Å². The normalized spacial score (nSPS) is 22.6. The molecule has 0 aromatic heterocycles. The van der Waals surface area contributed by atoms with Crippen LogP contribution in [0, 0.1) is 11.3 Å². The third kappa shape index (κ3) is 5.89. The van der Waals surface area contributed by atoms with Gasteiger partial charge >= 0.3 is 0 Å². The zero-order valence-corrected chi connectivity index (χ0v) is 12.8. The highest BCUT2D eigenvalue weighted by Crippen LogP contribution is 2.13. The fourth-order valence-corrected chi connectivity index (χ4v) is 3.64. The molecule has 1 heterocycles. The van der Waals surface area contributed by atoms with Gasteiger partial charge in [0, 0.05) is 13.1 Å². The first-order valence-electron chi connectivity index (χ1n) is 7.00. The number of sulfone groups is 1. The highest BCUT2D eigenvalue weighted by atomic mass is 32.2. The summed E-state index contributed by atoms with van der Waals surface area (Å²) in [5, 5.41) is 12.3. The Morgan fingerprint density at radius 3 is 2.47 bits per heavy atom. The lowest BCUT2D eigenvalue weighted by Gasteiger charge is -2.27. The molecule has 0 spiro atoms. The van der Waals surface area contributed by atoms with Gasteiger partial charge in [0.25, 0.3) is 0 Å². The summed E-state index contributed by atoms with van der Waals surface area (Å²) in [6, 6.07) is 2.32. The molecule has 0 aliphatic carbocycles. The van der Waals surface area contributed by atoms with Crippen molar-refractivity contribution in [3.63, 3.8) is 0 Å². The molecular formula is C13H25N3O2S. The summed E-state index contributed by atoms with van der Waals surface area (Å²) in [6.07, 6.45) is 2.84. The maximum absolute atomic E-state index is 11.3. The van der Waals surface area contributed by atoms with Gasteiger partial charge in [-0.15, -0.1) is 0 Å². The third-order valence-electron chi connectivity index (χ3n) is 3.65. The molecule has 1 rings (SSSR count). The second kappa shape index (κ2) is 7.22. The van der Waals surface area contributed by atoms with Gasteiger partial charge in [-0.1, -0.05) is 6.92 Å². The van der Waals surface area contributed by atoms with Crippen molar-refractivity contribution in [2.45, 2.75) is 38.6 Å². The minimum Gasteiger partial charge on any atom is -0.301 e. The Labute approximate surface area is 116 Å². The predicted molar refractivity (Wildman–Crippen MR) is 76.6 cm³/mol. The molecule has 1 aliphatic rings. The molecule has 1 aliphatic heterocycles. The minimum atomic E-state index is -2.78. The van der Waals surface area contributed by atoms with E-state index < -0.39 is 15.4 Å². The Morgan fingerprint density at radius 1 is 1.32 bits per heavy atom. The van der Waals surface area contributed by atoms with E-state index in [0.29, 0.717) is 24.6 Å². The van der Waals surface area contributed by atoms with Crippen LogP contribution in [0.1, 0.15) is 33.1 Å². The average Bonchev–Trinajstić information content (AvgIpc) is 2.37. The van der Waals surface area contributed by atoms with Crippen LogP contribution in [-0.4, -0.2) is 56.5 Å². The molecule has 0 bridgehead atoms. The predicted octanol–water partition coefficient (Wildman–Crippen LogP) is 0.779. The van der Waals surface area contributed by atoms with Crippen LogP contribution in [-0.2, 0) is 9.84 Å². The lowest BCUT2D eigenvalue weighted by molar-refractivity contribution is 0.282. The van der Waals surface area contributed by atoms with E-state index in [2.05, 4.69) is 16.3 Å². The van der Waals surface area contributed by atoms with Crippen molar-refractivity contribution >= 4 is 9.84 Å². The topological polar surface area (TPSA) is 73.2 Å². The summed E-state index contributed by atoms with van der Waals surface area (Å²) in [4.78, 5) is 2.21. The SMILES string of the molecule is CCNC(C)(C#N)CCCCN1CCS(=O)(=O)CC1. The quantitative estimate of drug-likeness (QED) is 0.701. The van der Waals surface area contributed by atoms with Crippen LogP contribution < -0.4 is 5.32 Å². The summed E-state index contributed by atoms with van der Waals surface area (Å²) < 4.78 is 22.6. The molecule has 1 fully saturated rings.